The van der Waals surface area contributed by atoms with Crippen molar-refractivity contribution in [3.05, 3.63) is 0 Å². The van der Waals surface area contributed by atoms with E-state index in [1.54, 1.807) is 0 Å². The normalized spacial score (nSPS) is 21.0. The van der Waals surface area contributed by atoms with Crippen molar-refractivity contribution >= 4 is 6.03 Å². The van der Waals surface area contributed by atoms with Crippen molar-refractivity contribution in [3.63, 3.8) is 0 Å². The van der Waals surface area contributed by atoms with Crippen molar-refractivity contribution in [2.24, 2.45) is 11.7 Å². The summed E-state index contributed by atoms with van der Waals surface area (Å²) in [5.41, 5.74) is 4.91. The van der Waals surface area contributed by atoms with Crippen molar-refractivity contribution in [1.29, 1.82) is 0 Å². The van der Waals surface area contributed by atoms with Crippen LogP contribution in [0.25, 0.3) is 0 Å². The van der Waals surface area contributed by atoms with Gasteiger partial charge in [0.1, 0.15) is 0 Å². The van der Waals surface area contributed by atoms with E-state index < -0.39 is 6.03 Å². The maximum Gasteiger partial charge on any atom is 0.312 e. The molecule has 1 unspecified atom stereocenters. The molecule has 0 aromatic rings. The first kappa shape index (κ1) is 6.39. The van der Waals surface area contributed by atoms with Gasteiger partial charge in [0.05, 0.1) is 0 Å². The minimum Gasteiger partial charge on any atom is -0.352 e. The second-order valence-corrected chi connectivity index (χ2v) is 2.63. The third-order valence-corrected chi connectivity index (χ3v) is 1.70. The highest BCUT2D eigenvalue weighted by molar-refractivity contribution is 5.71. The summed E-state index contributed by atoms with van der Waals surface area (Å²) in [4.78, 5) is 10.3. The molecule has 1 aliphatic rings. The van der Waals surface area contributed by atoms with Crippen molar-refractivity contribution < 1.29 is 4.79 Å². The Morgan fingerprint density at radius 3 is 2.67 bits per heavy atom. The highest BCUT2D eigenvalue weighted by atomic mass is 16.2. The van der Waals surface area contributed by atoms with E-state index in [1.807, 2.05) is 6.92 Å². The number of hydrogen-bond acceptors (Lipinski definition) is 1. The van der Waals surface area contributed by atoms with E-state index in [0.29, 0.717) is 5.92 Å². The summed E-state index contributed by atoms with van der Waals surface area (Å²) in [6.45, 7) is 1.99. The van der Waals surface area contributed by atoms with Crippen molar-refractivity contribution in [2.75, 3.05) is 0 Å². The van der Waals surface area contributed by atoms with Crippen LogP contribution in [0, 0.1) is 5.92 Å². The molecule has 0 heterocycles. The van der Waals surface area contributed by atoms with Gasteiger partial charge >= 0.3 is 6.03 Å². The molecule has 2 amide bonds. The van der Waals surface area contributed by atoms with Gasteiger partial charge in [-0.15, -0.1) is 0 Å². The third kappa shape index (κ3) is 1.91. The Bertz CT molecular complexity index is 120. The average molecular weight is 128 g/mol. The second-order valence-electron chi connectivity index (χ2n) is 2.63. The van der Waals surface area contributed by atoms with Crippen LogP contribution in [-0.4, -0.2) is 12.1 Å². The molecule has 3 nitrogen and oxygen atoms in total. The first-order valence-corrected chi connectivity index (χ1v) is 3.26. The van der Waals surface area contributed by atoms with Gasteiger partial charge in [-0.25, -0.2) is 4.79 Å². The highest BCUT2D eigenvalue weighted by Gasteiger charge is 2.28. The summed E-state index contributed by atoms with van der Waals surface area (Å²) in [5.74, 6) is 0.692. The summed E-state index contributed by atoms with van der Waals surface area (Å²) < 4.78 is 0. The number of urea groups is 1. The number of primary amides is 1. The molecule has 0 spiro atoms. The van der Waals surface area contributed by atoms with E-state index >= 15 is 0 Å². The van der Waals surface area contributed by atoms with Crippen molar-refractivity contribution in [1.82, 2.24) is 5.32 Å². The molecule has 0 aliphatic heterocycles. The quantitative estimate of drug-likeness (QED) is 0.557. The van der Waals surface area contributed by atoms with Gasteiger partial charge in [-0.1, -0.05) is 0 Å². The van der Waals surface area contributed by atoms with E-state index in [0.717, 1.165) is 0 Å². The van der Waals surface area contributed by atoms with Crippen LogP contribution in [0.4, 0.5) is 4.79 Å². The maximum absolute atomic E-state index is 10.3. The number of rotatable bonds is 2. The molecule has 9 heavy (non-hydrogen) atoms. The molecule has 0 saturated heterocycles. The van der Waals surface area contributed by atoms with Gasteiger partial charge in [-0.05, 0) is 25.7 Å². The highest BCUT2D eigenvalue weighted by Crippen LogP contribution is 2.32. The Balaban J connectivity index is 2.17. The zero-order valence-corrected chi connectivity index (χ0v) is 5.55. The second kappa shape index (κ2) is 2.25. The van der Waals surface area contributed by atoms with Crippen LogP contribution in [-0.2, 0) is 0 Å². The van der Waals surface area contributed by atoms with E-state index in [4.69, 9.17) is 5.73 Å². The number of nitrogens with one attached hydrogen (secondary N) is 1. The van der Waals surface area contributed by atoms with Gasteiger partial charge in [0.2, 0.25) is 0 Å². The van der Waals surface area contributed by atoms with Crippen LogP contribution < -0.4 is 11.1 Å². The molecule has 0 aromatic carbocycles. The van der Waals surface area contributed by atoms with Crippen LogP contribution in [0.15, 0.2) is 0 Å². The lowest BCUT2D eigenvalue weighted by molar-refractivity contribution is 0.244. The molecular weight excluding hydrogens is 116 g/mol. The van der Waals surface area contributed by atoms with Crippen LogP contribution in [0.1, 0.15) is 19.8 Å². The standard InChI is InChI=1S/C6H12N2O/c1-4(5-2-3-5)8-6(7)9/h4-5H,2-3H2,1H3,(H3,7,8,9). The SMILES string of the molecule is CC(NC(N)=O)C1CC1. The number of amides is 2. The van der Waals surface area contributed by atoms with Crippen LogP contribution in [0.3, 0.4) is 0 Å². The zero-order chi connectivity index (χ0) is 6.85. The lowest BCUT2D eigenvalue weighted by atomic mass is 10.2. The molecule has 1 rings (SSSR count). The fourth-order valence-corrected chi connectivity index (χ4v) is 0.938. The molecule has 3 heteroatoms. The molecular formula is C6H12N2O. The first-order valence-electron chi connectivity index (χ1n) is 3.26. The number of hydrogen-bond donors (Lipinski definition) is 2. The fourth-order valence-electron chi connectivity index (χ4n) is 0.938. The summed E-state index contributed by atoms with van der Waals surface area (Å²) in [6.07, 6.45) is 2.48. The molecule has 3 N–H and O–H groups in total. The van der Waals surface area contributed by atoms with Gasteiger partial charge in [-0.2, -0.15) is 0 Å². The zero-order valence-electron chi connectivity index (χ0n) is 5.55. The van der Waals surface area contributed by atoms with E-state index in [1.165, 1.54) is 12.8 Å². The molecule has 52 valence electrons. The van der Waals surface area contributed by atoms with Crippen molar-refractivity contribution in [3.8, 4) is 0 Å². The van der Waals surface area contributed by atoms with Crippen LogP contribution in [0.5, 0.6) is 0 Å². The number of carbonyl (C=O) groups excluding carboxylic acids is 1. The Morgan fingerprint density at radius 2 is 2.33 bits per heavy atom. The van der Waals surface area contributed by atoms with Crippen molar-refractivity contribution in [2.45, 2.75) is 25.8 Å². The van der Waals surface area contributed by atoms with Crippen LogP contribution in [0.2, 0.25) is 0 Å². The van der Waals surface area contributed by atoms with E-state index in [-0.39, 0.29) is 6.04 Å². The molecule has 1 atom stereocenters. The summed E-state index contributed by atoms with van der Waals surface area (Å²) in [7, 11) is 0. The summed E-state index contributed by atoms with van der Waals surface area (Å²) in [6, 6.07) is -0.128. The first-order chi connectivity index (χ1) is 4.20. The Kier molecular flexibility index (Phi) is 1.60. The lowest BCUT2D eigenvalue weighted by Crippen LogP contribution is -2.37. The maximum atomic E-state index is 10.3. The number of carbonyl (C=O) groups is 1. The number of nitrogens with two attached hydrogens (primary N) is 1. The van der Waals surface area contributed by atoms with Crippen LogP contribution >= 0.6 is 0 Å². The smallest absolute Gasteiger partial charge is 0.312 e. The average Bonchev–Trinajstić information content (AvgIpc) is 2.40. The monoisotopic (exact) mass is 128 g/mol. The molecule has 0 radical (unpaired) electrons. The Labute approximate surface area is 54.6 Å². The molecule has 0 bridgehead atoms. The minimum atomic E-state index is -0.408. The summed E-state index contributed by atoms with van der Waals surface area (Å²) in [5, 5.41) is 2.64. The fraction of sp³-hybridized carbons (Fsp3) is 0.833. The largest absolute Gasteiger partial charge is 0.352 e. The van der Waals surface area contributed by atoms with E-state index in [2.05, 4.69) is 5.32 Å². The topological polar surface area (TPSA) is 55.1 Å². The Morgan fingerprint density at radius 1 is 1.78 bits per heavy atom. The third-order valence-electron chi connectivity index (χ3n) is 1.70. The lowest BCUT2D eigenvalue weighted by Gasteiger charge is -2.08. The van der Waals surface area contributed by atoms with Gasteiger partial charge < -0.3 is 11.1 Å². The molecule has 1 fully saturated rings. The van der Waals surface area contributed by atoms with E-state index in [9.17, 15) is 4.79 Å². The molecule has 0 aromatic heterocycles. The van der Waals surface area contributed by atoms with Gasteiger partial charge in [-0.3, -0.25) is 0 Å². The molecule has 1 saturated carbocycles. The van der Waals surface area contributed by atoms with Gasteiger partial charge in [0, 0.05) is 6.04 Å². The van der Waals surface area contributed by atoms with Gasteiger partial charge in [0.15, 0.2) is 0 Å². The molecule has 1 aliphatic carbocycles. The summed E-state index contributed by atoms with van der Waals surface area (Å²) >= 11 is 0. The Hall–Kier alpha value is -0.730. The predicted molar refractivity (Wildman–Crippen MR) is 34.9 cm³/mol. The van der Waals surface area contributed by atoms with Gasteiger partial charge in [0.25, 0.3) is 0 Å². The minimum absolute atomic E-state index is 0.280. The predicted octanol–water partition coefficient (Wildman–Crippen LogP) is 0.453.